The molecular weight excluding hydrogens is 388 g/mol. The smallest absolute Gasteiger partial charge is 0.307 e. The number of halogens is 1. The molecule has 3 rings (SSSR count). The molecule has 0 radical (unpaired) electrons. The Hall–Kier alpha value is -1.63. The quantitative estimate of drug-likeness (QED) is 0.502. The van der Waals surface area contributed by atoms with Crippen LogP contribution >= 0.6 is 27.3 Å². The molecule has 0 saturated carbocycles. The summed E-state index contributed by atoms with van der Waals surface area (Å²) < 4.78 is 1.09. The first-order valence-electron chi connectivity index (χ1n) is 7.89. The first kappa shape index (κ1) is 17.2. The average Bonchev–Trinajstić information content (AvgIpc) is 3.11. The lowest BCUT2D eigenvalue weighted by Gasteiger charge is -2.04. The molecule has 0 atom stereocenters. The van der Waals surface area contributed by atoms with Gasteiger partial charge >= 0.3 is 5.97 Å². The first-order chi connectivity index (χ1) is 11.6. The van der Waals surface area contributed by atoms with Crippen LogP contribution in [-0.2, 0) is 17.6 Å². The van der Waals surface area contributed by atoms with E-state index in [9.17, 15) is 4.79 Å². The Balaban J connectivity index is 2.08. The number of nitrogens with two attached hydrogens (primary N) is 1. The van der Waals surface area contributed by atoms with Crippen molar-refractivity contribution in [3.63, 3.8) is 0 Å². The molecule has 0 fully saturated rings. The lowest BCUT2D eigenvalue weighted by molar-refractivity contribution is -0.136. The minimum absolute atomic E-state index is 0.0449. The van der Waals surface area contributed by atoms with Crippen LogP contribution in [0.25, 0.3) is 21.5 Å². The van der Waals surface area contributed by atoms with E-state index in [1.807, 2.05) is 24.3 Å². The number of carboxylic acid groups (broad SMARTS) is 1. The Morgan fingerprint density at radius 3 is 2.75 bits per heavy atom. The van der Waals surface area contributed by atoms with Gasteiger partial charge in [-0.25, -0.2) is 0 Å². The minimum atomic E-state index is -0.808. The molecule has 0 spiro atoms. The van der Waals surface area contributed by atoms with E-state index < -0.39 is 5.97 Å². The van der Waals surface area contributed by atoms with Crippen molar-refractivity contribution in [2.24, 2.45) is 5.73 Å². The molecule has 2 aromatic heterocycles. The maximum atomic E-state index is 11.0. The van der Waals surface area contributed by atoms with E-state index in [0.717, 1.165) is 45.2 Å². The molecular formula is C18H19BrN2O2S. The first-order valence-corrected chi connectivity index (χ1v) is 9.50. The second kappa shape index (κ2) is 7.51. The SMILES string of the molecule is NCCCCc1c(-c2ccc(Br)s2)[nH]c2ccc(CC(=O)O)cc12. The molecule has 0 aliphatic carbocycles. The van der Waals surface area contributed by atoms with Crippen LogP contribution in [0.15, 0.2) is 34.1 Å². The number of aliphatic carboxylic acids is 1. The summed E-state index contributed by atoms with van der Waals surface area (Å²) in [7, 11) is 0. The lowest BCUT2D eigenvalue weighted by atomic mass is 10.0. The van der Waals surface area contributed by atoms with E-state index in [0.29, 0.717) is 6.54 Å². The number of thiophene rings is 1. The lowest BCUT2D eigenvalue weighted by Crippen LogP contribution is -2.00. The van der Waals surface area contributed by atoms with E-state index in [1.54, 1.807) is 11.3 Å². The van der Waals surface area contributed by atoms with Crippen LogP contribution in [0.3, 0.4) is 0 Å². The highest BCUT2D eigenvalue weighted by atomic mass is 79.9. The van der Waals surface area contributed by atoms with Gasteiger partial charge in [0.25, 0.3) is 0 Å². The van der Waals surface area contributed by atoms with E-state index in [4.69, 9.17) is 10.8 Å². The number of aromatic amines is 1. The van der Waals surface area contributed by atoms with E-state index in [1.165, 1.54) is 10.4 Å². The number of aromatic nitrogens is 1. The van der Waals surface area contributed by atoms with Crippen LogP contribution in [0, 0.1) is 0 Å². The normalized spacial score (nSPS) is 11.2. The minimum Gasteiger partial charge on any atom is -0.481 e. The molecule has 0 saturated heterocycles. The Morgan fingerprint density at radius 2 is 2.08 bits per heavy atom. The van der Waals surface area contributed by atoms with Crippen molar-refractivity contribution in [3.05, 3.63) is 45.2 Å². The van der Waals surface area contributed by atoms with Crippen molar-refractivity contribution in [1.29, 1.82) is 0 Å². The highest BCUT2D eigenvalue weighted by Gasteiger charge is 2.15. The summed E-state index contributed by atoms with van der Waals surface area (Å²) in [4.78, 5) is 15.7. The number of H-pyrrole nitrogens is 1. The Kier molecular flexibility index (Phi) is 5.38. The van der Waals surface area contributed by atoms with Crippen molar-refractivity contribution in [2.75, 3.05) is 6.54 Å². The van der Waals surface area contributed by atoms with Crippen LogP contribution in [0.4, 0.5) is 0 Å². The Morgan fingerprint density at radius 1 is 1.25 bits per heavy atom. The van der Waals surface area contributed by atoms with Gasteiger partial charge in [0.1, 0.15) is 0 Å². The fourth-order valence-corrected chi connectivity index (χ4v) is 4.36. The molecule has 1 aromatic carbocycles. The molecule has 0 aliphatic heterocycles. The maximum absolute atomic E-state index is 11.0. The van der Waals surface area contributed by atoms with Gasteiger partial charge in [0.05, 0.1) is 20.8 Å². The van der Waals surface area contributed by atoms with Crippen LogP contribution in [0.2, 0.25) is 0 Å². The molecule has 0 unspecified atom stereocenters. The molecule has 24 heavy (non-hydrogen) atoms. The summed E-state index contributed by atoms with van der Waals surface area (Å²) in [5.41, 5.74) is 9.89. The summed E-state index contributed by atoms with van der Waals surface area (Å²) in [5, 5.41) is 10.2. The zero-order valence-electron chi connectivity index (χ0n) is 13.1. The average molecular weight is 407 g/mol. The Labute approximate surface area is 152 Å². The third-order valence-corrected chi connectivity index (χ3v) is 5.67. The van der Waals surface area contributed by atoms with Crippen molar-refractivity contribution < 1.29 is 9.90 Å². The number of carboxylic acids is 1. The van der Waals surface area contributed by atoms with Crippen LogP contribution in [-0.4, -0.2) is 22.6 Å². The van der Waals surface area contributed by atoms with Crippen molar-refractivity contribution in [1.82, 2.24) is 4.98 Å². The molecule has 0 amide bonds. The van der Waals surface area contributed by atoms with Gasteiger partial charge in [-0.15, -0.1) is 11.3 Å². The zero-order valence-corrected chi connectivity index (χ0v) is 15.5. The summed E-state index contributed by atoms with van der Waals surface area (Å²) in [6.45, 7) is 0.687. The second-order valence-corrected chi connectivity index (χ2v) is 8.24. The second-order valence-electron chi connectivity index (χ2n) is 5.78. The van der Waals surface area contributed by atoms with Gasteiger partial charge in [0, 0.05) is 10.9 Å². The van der Waals surface area contributed by atoms with Crippen molar-refractivity contribution in [3.8, 4) is 10.6 Å². The van der Waals surface area contributed by atoms with Gasteiger partial charge in [-0.2, -0.15) is 0 Å². The number of hydrogen-bond donors (Lipinski definition) is 3. The predicted octanol–water partition coefficient (Wildman–Crippen LogP) is 4.57. The van der Waals surface area contributed by atoms with Crippen LogP contribution < -0.4 is 5.73 Å². The fraction of sp³-hybridized carbons (Fsp3) is 0.278. The molecule has 6 heteroatoms. The third-order valence-electron chi connectivity index (χ3n) is 4.03. The van der Waals surface area contributed by atoms with Gasteiger partial charge in [-0.1, -0.05) is 6.07 Å². The number of fused-ring (bicyclic) bond motifs is 1. The number of hydrogen-bond acceptors (Lipinski definition) is 3. The summed E-state index contributed by atoms with van der Waals surface area (Å²) >= 11 is 5.21. The summed E-state index contributed by atoms with van der Waals surface area (Å²) in [6, 6.07) is 10.0. The molecule has 3 aromatic rings. The Bertz CT molecular complexity index is 869. The fourth-order valence-electron chi connectivity index (χ4n) is 2.94. The van der Waals surface area contributed by atoms with E-state index in [-0.39, 0.29) is 6.42 Å². The standard InChI is InChI=1S/C18H19BrN2O2S/c19-16-7-6-15(24-16)18-12(3-1-2-8-20)13-9-11(10-17(22)23)4-5-14(13)21-18/h4-7,9,21H,1-3,8,10,20H2,(H,22,23). The maximum Gasteiger partial charge on any atom is 0.307 e. The number of rotatable bonds is 7. The van der Waals surface area contributed by atoms with Crippen LogP contribution in [0.5, 0.6) is 0 Å². The number of carbonyl (C=O) groups is 1. The summed E-state index contributed by atoms with van der Waals surface area (Å²) in [5.74, 6) is -0.808. The number of benzene rings is 1. The van der Waals surface area contributed by atoms with Crippen LogP contribution in [0.1, 0.15) is 24.0 Å². The van der Waals surface area contributed by atoms with Crippen molar-refractivity contribution in [2.45, 2.75) is 25.7 Å². The van der Waals surface area contributed by atoms with E-state index in [2.05, 4.69) is 27.0 Å². The van der Waals surface area contributed by atoms with Gasteiger partial charge in [0.15, 0.2) is 0 Å². The molecule has 126 valence electrons. The zero-order chi connectivity index (χ0) is 17.1. The highest BCUT2D eigenvalue weighted by molar-refractivity contribution is 9.11. The molecule has 2 heterocycles. The van der Waals surface area contributed by atoms with Gasteiger partial charge < -0.3 is 15.8 Å². The van der Waals surface area contributed by atoms with Gasteiger partial charge in [0.2, 0.25) is 0 Å². The molecule has 4 nitrogen and oxygen atoms in total. The largest absolute Gasteiger partial charge is 0.481 e. The van der Waals surface area contributed by atoms with Crippen molar-refractivity contribution >= 4 is 44.1 Å². The van der Waals surface area contributed by atoms with Gasteiger partial charge in [-0.05, 0) is 77.1 Å². The topological polar surface area (TPSA) is 79.1 Å². The predicted molar refractivity (Wildman–Crippen MR) is 103 cm³/mol. The third kappa shape index (κ3) is 3.71. The number of nitrogens with one attached hydrogen (secondary N) is 1. The molecule has 4 N–H and O–H groups in total. The molecule has 0 aliphatic rings. The number of aryl methyl sites for hydroxylation is 1. The number of unbranched alkanes of at least 4 members (excludes halogenated alkanes) is 1. The molecule has 0 bridgehead atoms. The summed E-state index contributed by atoms with van der Waals surface area (Å²) in [6.07, 6.45) is 2.98. The highest BCUT2D eigenvalue weighted by Crippen LogP contribution is 2.37. The van der Waals surface area contributed by atoms with Gasteiger partial charge in [-0.3, -0.25) is 4.79 Å². The van der Waals surface area contributed by atoms with E-state index >= 15 is 0 Å². The monoisotopic (exact) mass is 406 g/mol.